The smallest absolute Gasteiger partial charge is 0.282 e. The van der Waals surface area contributed by atoms with Gasteiger partial charge in [-0.2, -0.15) is 9.78 Å². The van der Waals surface area contributed by atoms with E-state index in [0.717, 1.165) is 16.5 Å². The number of methoxy groups -OCH3 is 1. The summed E-state index contributed by atoms with van der Waals surface area (Å²) in [4.78, 5) is 18.2. The summed E-state index contributed by atoms with van der Waals surface area (Å²) in [5, 5.41) is 5.77. The number of benzene rings is 3. The van der Waals surface area contributed by atoms with Crippen molar-refractivity contribution in [1.29, 1.82) is 0 Å². The van der Waals surface area contributed by atoms with E-state index in [-0.39, 0.29) is 18.2 Å². The second-order valence-electron chi connectivity index (χ2n) is 7.86. The van der Waals surface area contributed by atoms with Crippen LogP contribution < -0.4 is 19.8 Å². The lowest BCUT2D eigenvalue weighted by Gasteiger charge is -2.08. The molecule has 2 aromatic heterocycles. The number of hydrogen-bond donors (Lipinski definition) is 0. The molecule has 8 nitrogen and oxygen atoms in total. The first-order chi connectivity index (χ1) is 16.6. The summed E-state index contributed by atoms with van der Waals surface area (Å²) < 4.78 is 23.7. The molecule has 0 fully saturated rings. The molecule has 8 heteroatoms. The van der Waals surface area contributed by atoms with E-state index in [2.05, 4.69) is 5.10 Å². The second kappa shape index (κ2) is 7.77. The van der Waals surface area contributed by atoms with Gasteiger partial charge in [-0.25, -0.2) is 4.98 Å². The predicted octanol–water partition coefficient (Wildman–Crippen LogP) is 4.74. The Hall–Kier alpha value is -4.59. The normalized spacial score (nSPS) is 12.8. The van der Waals surface area contributed by atoms with Gasteiger partial charge in [-0.15, -0.1) is 0 Å². The fraction of sp³-hybridized carbons (Fsp3) is 0.115. The van der Waals surface area contributed by atoms with Crippen molar-refractivity contribution in [2.75, 3.05) is 13.9 Å². The topological polar surface area (TPSA) is 88.1 Å². The van der Waals surface area contributed by atoms with Crippen LogP contribution in [-0.2, 0) is 0 Å². The Morgan fingerprint density at radius 1 is 1.03 bits per heavy atom. The van der Waals surface area contributed by atoms with Gasteiger partial charge in [0.2, 0.25) is 12.6 Å². The molecule has 0 saturated heterocycles. The van der Waals surface area contributed by atoms with E-state index in [1.165, 1.54) is 4.68 Å². The Morgan fingerprint density at radius 3 is 2.71 bits per heavy atom. The van der Waals surface area contributed by atoms with Crippen LogP contribution >= 0.6 is 0 Å². The van der Waals surface area contributed by atoms with Gasteiger partial charge >= 0.3 is 0 Å². The number of furan rings is 1. The molecule has 0 unspecified atom stereocenters. The molecule has 3 aromatic carbocycles. The van der Waals surface area contributed by atoms with E-state index in [1.54, 1.807) is 31.5 Å². The van der Waals surface area contributed by atoms with E-state index in [0.29, 0.717) is 39.5 Å². The lowest BCUT2D eigenvalue weighted by Crippen LogP contribution is -2.20. The molecule has 34 heavy (non-hydrogen) atoms. The summed E-state index contributed by atoms with van der Waals surface area (Å²) in [5.74, 6) is 2.69. The maximum Gasteiger partial charge on any atom is 0.282 e. The first-order valence-corrected chi connectivity index (χ1v) is 10.7. The number of hydrogen-bond acceptors (Lipinski definition) is 7. The number of aryl methyl sites for hydroxylation is 1. The van der Waals surface area contributed by atoms with Gasteiger partial charge in [-0.1, -0.05) is 18.2 Å². The summed E-state index contributed by atoms with van der Waals surface area (Å²) in [7, 11) is 1.60. The zero-order valence-electron chi connectivity index (χ0n) is 18.4. The number of aromatic nitrogens is 2. The molecular weight excluding hydrogens is 434 g/mol. The van der Waals surface area contributed by atoms with Gasteiger partial charge in [-0.05, 0) is 55.0 Å². The minimum Gasteiger partial charge on any atom is -0.496 e. The predicted molar refractivity (Wildman–Crippen MR) is 128 cm³/mol. The van der Waals surface area contributed by atoms with E-state index in [1.807, 2.05) is 49.4 Å². The number of fused-ring (bicyclic) bond motifs is 3. The highest BCUT2D eigenvalue weighted by Crippen LogP contribution is 2.35. The third-order valence-corrected chi connectivity index (χ3v) is 5.79. The van der Waals surface area contributed by atoms with Crippen molar-refractivity contribution in [2.24, 2.45) is 5.10 Å². The van der Waals surface area contributed by atoms with Crippen molar-refractivity contribution in [1.82, 2.24) is 9.66 Å². The van der Waals surface area contributed by atoms with E-state index in [9.17, 15) is 4.79 Å². The largest absolute Gasteiger partial charge is 0.496 e. The first-order valence-electron chi connectivity index (χ1n) is 10.7. The zero-order chi connectivity index (χ0) is 23.2. The summed E-state index contributed by atoms with van der Waals surface area (Å²) in [6.45, 7) is 2.13. The van der Waals surface area contributed by atoms with Crippen LogP contribution in [0.3, 0.4) is 0 Å². The molecular formula is C26H19N3O5. The fourth-order valence-electron chi connectivity index (χ4n) is 4.03. The summed E-state index contributed by atoms with van der Waals surface area (Å²) >= 11 is 0. The highest BCUT2D eigenvalue weighted by Gasteiger charge is 2.19. The highest BCUT2D eigenvalue weighted by molar-refractivity contribution is 5.89. The van der Waals surface area contributed by atoms with Crippen LogP contribution in [0.15, 0.2) is 75.0 Å². The van der Waals surface area contributed by atoms with Crippen LogP contribution in [0.25, 0.3) is 33.5 Å². The Bertz CT molecular complexity index is 1670. The van der Waals surface area contributed by atoms with E-state index in [4.69, 9.17) is 23.6 Å². The molecule has 0 bridgehead atoms. The Kier molecular flexibility index (Phi) is 4.58. The van der Waals surface area contributed by atoms with Gasteiger partial charge in [0.05, 0.1) is 29.6 Å². The standard InChI is InChI=1S/C26H19N3O5/c1-15-10-22-23(33-14-32-22)11-16(15)13-27-29-25(28-19-7-4-3-6-17(19)26(29)30)24-12-18-20(31-2)8-5-9-21(18)34-24/h3-13H,14H2,1-2H3. The van der Waals surface area contributed by atoms with Gasteiger partial charge in [0.15, 0.2) is 17.3 Å². The number of ether oxygens (including phenoxy) is 3. The van der Waals surface area contributed by atoms with Crippen LogP contribution in [-0.4, -0.2) is 29.8 Å². The molecule has 0 N–H and O–H groups in total. The van der Waals surface area contributed by atoms with Crippen molar-refractivity contribution in [2.45, 2.75) is 6.92 Å². The summed E-state index contributed by atoms with van der Waals surface area (Å²) in [6.07, 6.45) is 1.61. The quantitative estimate of drug-likeness (QED) is 0.365. The Morgan fingerprint density at radius 2 is 1.85 bits per heavy atom. The highest BCUT2D eigenvalue weighted by atomic mass is 16.7. The molecule has 3 heterocycles. The Labute approximate surface area is 193 Å². The molecule has 1 aliphatic rings. The molecule has 5 aromatic rings. The van der Waals surface area contributed by atoms with E-state index >= 15 is 0 Å². The van der Waals surface area contributed by atoms with Crippen LogP contribution in [0.5, 0.6) is 17.2 Å². The fourth-order valence-corrected chi connectivity index (χ4v) is 4.03. The lowest BCUT2D eigenvalue weighted by molar-refractivity contribution is 0.174. The SMILES string of the molecule is COc1cccc2oc(-c3nc4ccccc4c(=O)n3N=Cc3cc4c(cc3C)OCO4)cc12. The third-order valence-electron chi connectivity index (χ3n) is 5.79. The Balaban J connectivity index is 1.56. The number of nitrogens with zero attached hydrogens (tertiary/aromatic N) is 3. The van der Waals surface area contributed by atoms with Crippen molar-refractivity contribution in [3.63, 3.8) is 0 Å². The lowest BCUT2D eigenvalue weighted by atomic mass is 10.1. The van der Waals surface area contributed by atoms with Gasteiger partial charge in [0, 0.05) is 5.56 Å². The number of rotatable bonds is 4. The zero-order valence-corrected chi connectivity index (χ0v) is 18.4. The summed E-state index contributed by atoms with van der Waals surface area (Å²) in [5.41, 5.74) is 2.61. The molecule has 0 saturated carbocycles. The third kappa shape index (κ3) is 3.19. The van der Waals surface area contributed by atoms with Gasteiger partial charge < -0.3 is 18.6 Å². The minimum atomic E-state index is -0.303. The molecule has 0 amide bonds. The maximum absolute atomic E-state index is 13.5. The molecule has 0 aliphatic carbocycles. The second-order valence-corrected chi connectivity index (χ2v) is 7.86. The van der Waals surface area contributed by atoms with Crippen LogP contribution in [0.2, 0.25) is 0 Å². The molecule has 168 valence electrons. The molecule has 0 atom stereocenters. The van der Waals surface area contributed by atoms with Gasteiger partial charge in [0.1, 0.15) is 11.3 Å². The van der Waals surface area contributed by atoms with E-state index < -0.39 is 0 Å². The summed E-state index contributed by atoms with van der Waals surface area (Å²) in [6, 6.07) is 18.2. The molecule has 6 rings (SSSR count). The van der Waals surface area contributed by atoms with Crippen molar-refractivity contribution >= 4 is 28.1 Å². The van der Waals surface area contributed by atoms with Crippen molar-refractivity contribution < 1.29 is 18.6 Å². The minimum absolute atomic E-state index is 0.184. The first kappa shape index (κ1) is 20.0. The molecule has 1 aliphatic heterocycles. The number of para-hydroxylation sites is 1. The maximum atomic E-state index is 13.5. The van der Waals surface area contributed by atoms with Crippen LogP contribution in [0.4, 0.5) is 0 Å². The van der Waals surface area contributed by atoms with Crippen molar-refractivity contribution in [3.8, 4) is 28.8 Å². The van der Waals surface area contributed by atoms with Crippen LogP contribution in [0.1, 0.15) is 11.1 Å². The van der Waals surface area contributed by atoms with Gasteiger partial charge in [-0.3, -0.25) is 4.79 Å². The van der Waals surface area contributed by atoms with Gasteiger partial charge in [0.25, 0.3) is 5.56 Å². The molecule has 0 spiro atoms. The van der Waals surface area contributed by atoms with Crippen LogP contribution in [0, 0.1) is 6.92 Å². The molecule has 0 radical (unpaired) electrons. The average Bonchev–Trinajstić information content (AvgIpc) is 3.49. The van der Waals surface area contributed by atoms with Crippen molar-refractivity contribution in [3.05, 3.63) is 82.1 Å². The average molecular weight is 453 g/mol. The monoisotopic (exact) mass is 453 g/mol.